The van der Waals surface area contributed by atoms with Crippen LogP contribution in [-0.4, -0.2) is 24.0 Å². The van der Waals surface area contributed by atoms with Gasteiger partial charge in [0.15, 0.2) is 0 Å². The molecule has 0 saturated carbocycles. The van der Waals surface area contributed by atoms with Gasteiger partial charge in [-0.25, -0.2) is 4.39 Å². The van der Waals surface area contributed by atoms with Gasteiger partial charge < -0.3 is 15.2 Å². The maximum atomic E-state index is 13.3. The SMILES string of the molecule is CNC(=O)c1cccc(CNC(=O)c2cc(-c3cccc(F)c3)no2)c1. The maximum absolute atomic E-state index is 13.3. The molecule has 0 aliphatic carbocycles. The number of aromatic nitrogens is 1. The third kappa shape index (κ3) is 3.94. The molecule has 1 heterocycles. The number of benzene rings is 2. The van der Waals surface area contributed by atoms with E-state index in [2.05, 4.69) is 15.8 Å². The van der Waals surface area contributed by atoms with Gasteiger partial charge in [-0.15, -0.1) is 0 Å². The first-order chi connectivity index (χ1) is 12.6. The number of nitrogens with one attached hydrogen (secondary N) is 2. The monoisotopic (exact) mass is 353 g/mol. The highest BCUT2D eigenvalue weighted by Crippen LogP contribution is 2.20. The average Bonchev–Trinajstić information content (AvgIpc) is 3.16. The topological polar surface area (TPSA) is 84.2 Å². The minimum atomic E-state index is -0.453. The second-order valence-electron chi connectivity index (χ2n) is 5.55. The van der Waals surface area contributed by atoms with Gasteiger partial charge in [-0.05, 0) is 29.8 Å². The molecule has 26 heavy (non-hydrogen) atoms. The highest BCUT2D eigenvalue weighted by Gasteiger charge is 2.14. The first-order valence-corrected chi connectivity index (χ1v) is 7.88. The predicted octanol–water partition coefficient (Wildman–Crippen LogP) is 2.77. The van der Waals surface area contributed by atoms with Crippen LogP contribution >= 0.6 is 0 Å². The van der Waals surface area contributed by atoms with E-state index in [1.165, 1.54) is 18.2 Å². The third-order valence-corrected chi connectivity index (χ3v) is 3.72. The molecule has 0 aliphatic rings. The van der Waals surface area contributed by atoms with E-state index in [4.69, 9.17) is 4.52 Å². The lowest BCUT2D eigenvalue weighted by molar-refractivity contribution is 0.0913. The van der Waals surface area contributed by atoms with Crippen molar-refractivity contribution in [3.05, 3.63) is 77.3 Å². The van der Waals surface area contributed by atoms with Gasteiger partial charge in [0.05, 0.1) is 0 Å². The van der Waals surface area contributed by atoms with Gasteiger partial charge >= 0.3 is 0 Å². The summed E-state index contributed by atoms with van der Waals surface area (Å²) in [5, 5.41) is 9.04. The predicted molar refractivity (Wildman–Crippen MR) is 92.9 cm³/mol. The Balaban J connectivity index is 1.67. The molecular formula is C19H16FN3O3. The fourth-order valence-electron chi connectivity index (χ4n) is 2.40. The lowest BCUT2D eigenvalue weighted by Gasteiger charge is -2.05. The van der Waals surface area contributed by atoms with Crippen LogP contribution < -0.4 is 10.6 Å². The Hall–Kier alpha value is -3.48. The Kier molecular flexibility index (Phi) is 5.07. The standard InChI is InChI=1S/C19H16FN3O3/c1-21-18(24)14-6-2-4-12(8-14)11-22-19(25)17-10-16(23-26-17)13-5-3-7-15(20)9-13/h2-10H,11H2,1H3,(H,21,24)(H,22,25). The molecule has 2 aromatic carbocycles. The number of rotatable bonds is 5. The molecule has 0 fully saturated rings. The molecule has 0 unspecified atom stereocenters. The summed E-state index contributed by atoms with van der Waals surface area (Å²) in [6.07, 6.45) is 0. The van der Waals surface area contributed by atoms with E-state index in [9.17, 15) is 14.0 Å². The first kappa shape index (κ1) is 17.3. The number of hydrogen-bond acceptors (Lipinski definition) is 4. The van der Waals surface area contributed by atoms with Gasteiger partial charge in [0, 0.05) is 30.8 Å². The van der Waals surface area contributed by atoms with E-state index >= 15 is 0 Å². The second-order valence-corrected chi connectivity index (χ2v) is 5.55. The van der Waals surface area contributed by atoms with Crippen LogP contribution in [0.15, 0.2) is 59.1 Å². The van der Waals surface area contributed by atoms with Crippen molar-refractivity contribution in [2.45, 2.75) is 6.54 Å². The first-order valence-electron chi connectivity index (χ1n) is 7.88. The zero-order valence-electron chi connectivity index (χ0n) is 14.0. The van der Waals surface area contributed by atoms with Crippen LogP contribution in [0, 0.1) is 5.82 Å². The average molecular weight is 353 g/mol. The molecule has 132 valence electrons. The minimum absolute atomic E-state index is 0.0201. The van der Waals surface area contributed by atoms with Crippen molar-refractivity contribution < 1.29 is 18.5 Å². The molecule has 3 rings (SSSR count). The molecule has 2 N–H and O–H groups in total. The summed E-state index contributed by atoms with van der Waals surface area (Å²) in [5.74, 6) is -1.03. The molecule has 0 spiro atoms. The van der Waals surface area contributed by atoms with Crippen molar-refractivity contribution in [1.82, 2.24) is 15.8 Å². The molecule has 0 atom stereocenters. The molecule has 0 aliphatic heterocycles. The molecular weight excluding hydrogens is 337 g/mol. The quantitative estimate of drug-likeness (QED) is 0.739. The van der Waals surface area contributed by atoms with Crippen LogP contribution in [0.4, 0.5) is 4.39 Å². The van der Waals surface area contributed by atoms with E-state index in [0.29, 0.717) is 16.8 Å². The number of carbonyl (C=O) groups excluding carboxylic acids is 2. The molecule has 0 radical (unpaired) electrons. The Morgan fingerprint density at radius 3 is 2.65 bits per heavy atom. The minimum Gasteiger partial charge on any atom is -0.355 e. The highest BCUT2D eigenvalue weighted by molar-refractivity contribution is 5.94. The largest absolute Gasteiger partial charge is 0.355 e. The van der Waals surface area contributed by atoms with Crippen molar-refractivity contribution in [2.75, 3.05) is 7.05 Å². The van der Waals surface area contributed by atoms with Gasteiger partial charge in [0.2, 0.25) is 5.76 Å². The van der Waals surface area contributed by atoms with Crippen molar-refractivity contribution in [2.24, 2.45) is 0 Å². The summed E-state index contributed by atoms with van der Waals surface area (Å²) < 4.78 is 18.3. The maximum Gasteiger partial charge on any atom is 0.290 e. The van der Waals surface area contributed by atoms with Crippen LogP contribution in [-0.2, 0) is 6.54 Å². The van der Waals surface area contributed by atoms with Gasteiger partial charge in [-0.2, -0.15) is 0 Å². The van der Waals surface area contributed by atoms with Crippen molar-refractivity contribution >= 4 is 11.8 Å². The number of amides is 2. The molecule has 3 aromatic rings. The summed E-state index contributed by atoms with van der Waals surface area (Å²) in [7, 11) is 1.55. The van der Waals surface area contributed by atoms with E-state index in [-0.39, 0.29) is 18.2 Å². The van der Waals surface area contributed by atoms with E-state index in [1.54, 1.807) is 43.4 Å². The van der Waals surface area contributed by atoms with Gasteiger partial charge in [0.1, 0.15) is 11.5 Å². The van der Waals surface area contributed by atoms with Gasteiger partial charge in [0.25, 0.3) is 11.8 Å². The molecule has 0 saturated heterocycles. The zero-order valence-corrected chi connectivity index (χ0v) is 14.0. The zero-order chi connectivity index (χ0) is 18.5. The Labute approximate surface area is 149 Å². The lowest BCUT2D eigenvalue weighted by Crippen LogP contribution is -2.23. The number of nitrogens with zero attached hydrogens (tertiary/aromatic N) is 1. The van der Waals surface area contributed by atoms with Crippen LogP contribution in [0.5, 0.6) is 0 Å². The third-order valence-electron chi connectivity index (χ3n) is 3.72. The smallest absolute Gasteiger partial charge is 0.290 e. The summed E-state index contributed by atoms with van der Waals surface area (Å²) in [6.45, 7) is 0.222. The fraction of sp³-hybridized carbons (Fsp3) is 0.105. The van der Waals surface area contributed by atoms with Crippen LogP contribution in [0.3, 0.4) is 0 Å². The van der Waals surface area contributed by atoms with E-state index in [0.717, 1.165) is 5.56 Å². The van der Waals surface area contributed by atoms with Crippen molar-refractivity contribution in [3.63, 3.8) is 0 Å². The Morgan fingerprint density at radius 1 is 1.08 bits per heavy atom. The van der Waals surface area contributed by atoms with Crippen LogP contribution in [0.25, 0.3) is 11.3 Å². The number of carbonyl (C=O) groups is 2. The van der Waals surface area contributed by atoms with Gasteiger partial charge in [-0.1, -0.05) is 29.4 Å². The molecule has 7 heteroatoms. The highest BCUT2D eigenvalue weighted by atomic mass is 19.1. The van der Waals surface area contributed by atoms with E-state index in [1.807, 2.05) is 0 Å². The fourth-order valence-corrected chi connectivity index (χ4v) is 2.40. The van der Waals surface area contributed by atoms with Gasteiger partial charge in [-0.3, -0.25) is 9.59 Å². The van der Waals surface area contributed by atoms with Crippen molar-refractivity contribution in [3.8, 4) is 11.3 Å². The van der Waals surface area contributed by atoms with Crippen LogP contribution in [0.1, 0.15) is 26.5 Å². The molecule has 6 nitrogen and oxygen atoms in total. The summed E-state index contributed by atoms with van der Waals surface area (Å²) >= 11 is 0. The number of hydrogen-bond donors (Lipinski definition) is 2. The number of halogens is 1. The summed E-state index contributed by atoms with van der Waals surface area (Å²) in [6, 6.07) is 14.2. The summed E-state index contributed by atoms with van der Waals surface area (Å²) in [5.41, 5.74) is 2.17. The molecule has 1 aromatic heterocycles. The van der Waals surface area contributed by atoms with E-state index < -0.39 is 11.7 Å². The second kappa shape index (κ2) is 7.60. The normalized spacial score (nSPS) is 10.4. The summed E-state index contributed by atoms with van der Waals surface area (Å²) in [4.78, 5) is 23.8. The molecule has 0 bridgehead atoms. The van der Waals surface area contributed by atoms with Crippen LogP contribution in [0.2, 0.25) is 0 Å². The van der Waals surface area contributed by atoms with Crippen molar-refractivity contribution in [1.29, 1.82) is 0 Å². The Bertz CT molecular complexity index is 952. The molecule has 2 amide bonds. The Morgan fingerprint density at radius 2 is 1.88 bits per heavy atom. The lowest BCUT2D eigenvalue weighted by atomic mass is 10.1.